The molecule has 7 rings (SSSR count). The first kappa shape index (κ1) is 32.3. The minimum atomic E-state index is -0.0744. The molecule has 1 heterocycles. The zero-order valence-corrected chi connectivity index (χ0v) is 30.6. The van der Waals surface area contributed by atoms with Crippen LogP contribution in [0.2, 0.25) is 0 Å². The molecule has 0 saturated carbocycles. The van der Waals surface area contributed by atoms with Crippen LogP contribution in [0.4, 0.5) is 17.1 Å². The van der Waals surface area contributed by atoms with E-state index < -0.39 is 0 Å². The molecule has 0 atom stereocenters. The normalized spacial score (nSPS) is 13.5. The minimum absolute atomic E-state index is 0.0744. The Bertz CT molecular complexity index is 2050. The van der Waals surface area contributed by atoms with Crippen LogP contribution in [-0.2, 0) is 5.41 Å². The molecule has 0 bridgehead atoms. The number of anilines is 3. The van der Waals surface area contributed by atoms with E-state index in [0.29, 0.717) is 17.8 Å². The van der Waals surface area contributed by atoms with Crippen molar-refractivity contribution in [1.29, 1.82) is 0 Å². The average molecular weight is 649 g/mol. The number of hydrogen-bond acceptors (Lipinski definition) is 3. The molecule has 1 aromatic heterocycles. The van der Waals surface area contributed by atoms with Gasteiger partial charge in [0.15, 0.2) is 0 Å². The highest BCUT2D eigenvalue weighted by molar-refractivity contribution is 7.21. The first-order valence-electron chi connectivity index (χ1n) is 17.9. The molecule has 0 saturated heterocycles. The van der Waals surface area contributed by atoms with E-state index in [2.05, 4.69) is 163 Å². The molecule has 0 spiro atoms. The number of thiazole rings is 1. The maximum Gasteiger partial charge on any atom is 0.124 e. The predicted molar refractivity (Wildman–Crippen MR) is 209 cm³/mol. The minimum Gasteiger partial charge on any atom is -0.310 e. The topological polar surface area (TPSA) is 16.1 Å². The number of fused-ring (bicyclic) bond motifs is 4. The Labute approximate surface area is 291 Å². The van der Waals surface area contributed by atoms with E-state index in [9.17, 15) is 0 Å². The van der Waals surface area contributed by atoms with Crippen molar-refractivity contribution in [3.8, 4) is 21.7 Å². The van der Waals surface area contributed by atoms with Gasteiger partial charge in [0.1, 0.15) is 5.01 Å². The summed E-state index contributed by atoms with van der Waals surface area (Å²) in [5.41, 5.74) is 15.8. The molecule has 2 nitrogen and oxygen atoms in total. The fourth-order valence-corrected chi connectivity index (χ4v) is 9.06. The summed E-state index contributed by atoms with van der Waals surface area (Å²) in [6.07, 6.45) is 2.08. The Kier molecular flexibility index (Phi) is 8.54. The van der Waals surface area contributed by atoms with Gasteiger partial charge < -0.3 is 4.90 Å². The second kappa shape index (κ2) is 12.7. The van der Waals surface area contributed by atoms with Gasteiger partial charge in [-0.15, -0.1) is 11.3 Å². The van der Waals surface area contributed by atoms with Crippen LogP contribution in [0.1, 0.15) is 114 Å². The highest BCUT2D eigenvalue weighted by atomic mass is 32.1. The third-order valence-corrected chi connectivity index (χ3v) is 11.8. The number of aromatic nitrogens is 1. The second-order valence-corrected chi connectivity index (χ2v) is 15.4. The van der Waals surface area contributed by atoms with Gasteiger partial charge in [0.2, 0.25) is 0 Å². The third-order valence-electron chi connectivity index (χ3n) is 10.7. The number of nitrogens with zero attached hydrogens (tertiary/aromatic N) is 2. The molecule has 0 fully saturated rings. The van der Waals surface area contributed by atoms with Gasteiger partial charge in [0, 0.05) is 22.4 Å². The molecule has 0 amide bonds. The van der Waals surface area contributed by atoms with E-state index in [-0.39, 0.29) is 5.41 Å². The molecule has 48 heavy (non-hydrogen) atoms. The van der Waals surface area contributed by atoms with Gasteiger partial charge in [-0.25, -0.2) is 4.98 Å². The largest absolute Gasteiger partial charge is 0.310 e. The zero-order chi connectivity index (χ0) is 33.7. The number of hydrogen-bond donors (Lipinski definition) is 0. The SMILES string of the molecule is CCC1(CC)c2cc(-c3nc4ccccc4s3)ccc2-c2ccc(N(c3ccccc3C(C)C)c3c(C(C)C)cccc3C(C)C)cc21. The summed E-state index contributed by atoms with van der Waals surface area (Å²) in [4.78, 5) is 7.64. The van der Waals surface area contributed by atoms with E-state index >= 15 is 0 Å². The predicted octanol–water partition coefficient (Wildman–Crippen LogP) is 13.9. The van der Waals surface area contributed by atoms with Crippen LogP contribution >= 0.6 is 11.3 Å². The standard InChI is InChI=1S/C45H48N2S/c1-9-45(10-2)38-26-31(44-46-40-19-12-14-21-42(40)48-44)22-24-36(38)37-25-23-32(27-39(37)45)47(41-20-13-11-16-33(41)28(3)4)43-34(29(5)6)17-15-18-35(43)30(7)8/h11-30H,9-10H2,1-8H3. The molecule has 0 radical (unpaired) electrons. The van der Waals surface area contributed by atoms with Gasteiger partial charge in [0.05, 0.1) is 15.9 Å². The molecule has 1 aliphatic rings. The van der Waals surface area contributed by atoms with Crippen LogP contribution in [0, 0.1) is 0 Å². The van der Waals surface area contributed by atoms with Gasteiger partial charge in [-0.2, -0.15) is 0 Å². The van der Waals surface area contributed by atoms with Crippen molar-refractivity contribution in [2.24, 2.45) is 0 Å². The fourth-order valence-electron chi connectivity index (χ4n) is 8.10. The summed E-state index contributed by atoms with van der Waals surface area (Å²) in [7, 11) is 0. The molecule has 0 aliphatic heterocycles. The van der Waals surface area contributed by atoms with Gasteiger partial charge in [-0.05, 0) is 106 Å². The van der Waals surface area contributed by atoms with Crippen molar-refractivity contribution in [1.82, 2.24) is 4.98 Å². The quantitative estimate of drug-likeness (QED) is 0.155. The van der Waals surface area contributed by atoms with Gasteiger partial charge in [-0.1, -0.05) is 122 Å². The van der Waals surface area contributed by atoms with E-state index in [1.807, 2.05) is 0 Å². The molecule has 6 aromatic rings. The van der Waals surface area contributed by atoms with E-state index in [1.54, 1.807) is 11.3 Å². The monoisotopic (exact) mass is 648 g/mol. The Morgan fingerprint density at radius 3 is 1.85 bits per heavy atom. The summed E-state index contributed by atoms with van der Waals surface area (Å²) >= 11 is 1.79. The van der Waals surface area contributed by atoms with Gasteiger partial charge in [0.25, 0.3) is 0 Å². The molecular formula is C45H48N2S. The number of para-hydroxylation sites is 3. The Morgan fingerprint density at radius 1 is 0.625 bits per heavy atom. The lowest BCUT2D eigenvalue weighted by molar-refractivity contribution is 0.490. The molecule has 3 heteroatoms. The Hall–Kier alpha value is -4.21. The third kappa shape index (κ3) is 5.19. The van der Waals surface area contributed by atoms with E-state index in [1.165, 1.54) is 66.3 Å². The number of benzene rings is 5. The first-order valence-corrected chi connectivity index (χ1v) is 18.7. The van der Waals surface area contributed by atoms with Crippen LogP contribution in [0.3, 0.4) is 0 Å². The second-order valence-electron chi connectivity index (χ2n) is 14.4. The van der Waals surface area contributed by atoms with Crippen LogP contribution in [-0.4, -0.2) is 4.98 Å². The molecule has 0 N–H and O–H groups in total. The maximum atomic E-state index is 5.04. The van der Waals surface area contributed by atoms with Gasteiger partial charge >= 0.3 is 0 Å². The van der Waals surface area contributed by atoms with Gasteiger partial charge in [-0.3, -0.25) is 0 Å². The van der Waals surface area contributed by atoms with Crippen LogP contribution in [0.15, 0.2) is 103 Å². The summed E-state index contributed by atoms with van der Waals surface area (Å²) in [5.74, 6) is 1.16. The first-order chi connectivity index (χ1) is 23.2. The summed E-state index contributed by atoms with van der Waals surface area (Å²) in [5, 5.41) is 1.10. The molecule has 244 valence electrons. The fraction of sp³-hybridized carbons (Fsp3) is 0.311. The van der Waals surface area contributed by atoms with Crippen molar-refractivity contribution in [2.75, 3.05) is 4.90 Å². The summed E-state index contributed by atoms with van der Waals surface area (Å²) < 4.78 is 1.24. The highest BCUT2D eigenvalue weighted by Gasteiger charge is 2.41. The Balaban J connectivity index is 1.46. The lowest BCUT2D eigenvalue weighted by atomic mass is 9.73. The number of rotatable bonds is 9. The van der Waals surface area contributed by atoms with Crippen LogP contribution in [0.25, 0.3) is 31.9 Å². The summed E-state index contributed by atoms with van der Waals surface area (Å²) in [6, 6.07) is 38.9. The molecule has 0 unspecified atom stereocenters. The van der Waals surface area contributed by atoms with Crippen molar-refractivity contribution in [3.63, 3.8) is 0 Å². The van der Waals surface area contributed by atoms with Crippen molar-refractivity contribution in [3.05, 3.63) is 131 Å². The van der Waals surface area contributed by atoms with Crippen molar-refractivity contribution < 1.29 is 0 Å². The molecule has 1 aliphatic carbocycles. The average Bonchev–Trinajstić information content (AvgIpc) is 3.65. The van der Waals surface area contributed by atoms with E-state index in [0.717, 1.165) is 23.4 Å². The van der Waals surface area contributed by atoms with Crippen LogP contribution < -0.4 is 4.90 Å². The molecule has 5 aromatic carbocycles. The zero-order valence-electron chi connectivity index (χ0n) is 29.8. The molecular weight excluding hydrogens is 601 g/mol. The van der Waals surface area contributed by atoms with Crippen molar-refractivity contribution >= 4 is 38.6 Å². The highest BCUT2D eigenvalue weighted by Crippen LogP contribution is 2.56. The van der Waals surface area contributed by atoms with Crippen LogP contribution in [0.5, 0.6) is 0 Å². The maximum absolute atomic E-state index is 5.04. The van der Waals surface area contributed by atoms with E-state index in [4.69, 9.17) is 4.98 Å². The Morgan fingerprint density at radius 2 is 1.21 bits per heavy atom. The summed E-state index contributed by atoms with van der Waals surface area (Å²) in [6.45, 7) is 18.7. The smallest absolute Gasteiger partial charge is 0.124 e. The lowest BCUT2D eigenvalue weighted by Gasteiger charge is -2.35. The lowest BCUT2D eigenvalue weighted by Crippen LogP contribution is -2.24. The van der Waals surface area contributed by atoms with Crippen molar-refractivity contribution in [2.45, 2.75) is 91.4 Å².